The highest BCUT2D eigenvalue weighted by atomic mass is 16.2. The Labute approximate surface area is 188 Å². The summed E-state index contributed by atoms with van der Waals surface area (Å²) in [4.78, 5) is 33.4. The molecule has 1 aromatic carbocycles. The van der Waals surface area contributed by atoms with E-state index in [1.54, 1.807) is 19.3 Å². The van der Waals surface area contributed by atoms with Crippen molar-refractivity contribution in [2.75, 3.05) is 43.4 Å². The molecule has 3 heterocycles. The molecule has 1 aromatic heterocycles. The van der Waals surface area contributed by atoms with Gasteiger partial charge in [-0.05, 0) is 48.3 Å². The van der Waals surface area contributed by atoms with E-state index in [9.17, 15) is 9.59 Å². The van der Waals surface area contributed by atoms with Crippen LogP contribution in [0.3, 0.4) is 0 Å². The van der Waals surface area contributed by atoms with Crippen LogP contribution in [0.15, 0.2) is 42.1 Å². The van der Waals surface area contributed by atoms with Crippen molar-refractivity contribution in [2.24, 2.45) is 5.41 Å². The van der Waals surface area contributed by atoms with E-state index in [1.165, 1.54) is 22.3 Å². The molecule has 2 N–H and O–H groups in total. The van der Waals surface area contributed by atoms with Gasteiger partial charge < -0.3 is 15.5 Å². The first-order chi connectivity index (χ1) is 15.5. The minimum atomic E-state index is -0.349. The van der Waals surface area contributed by atoms with Crippen LogP contribution in [0, 0.1) is 5.41 Å². The number of rotatable bonds is 5. The van der Waals surface area contributed by atoms with E-state index < -0.39 is 0 Å². The fourth-order valence-electron chi connectivity index (χ4n) is 5.27. The average Bonchev–Trinajstić information content (AvgIpc) is 3.45. The van der Waals surface area contributed by atoms with E-state index in [4.69, 9.17) is 0 Å². The summed E-state index contributed by atoms with van der Waals surface area (Å²) in [5.41, 5.74) is 6.93. The summed E-state index contributed by atoms with van der Waals surface area (Å²) in [6.45, 7) is 8.75. The quantitative estimate of drug-likeness (QED) is 0.761. The normalized spacial score (nSPS) is 22.2. The molecule has 0 bridgehead atoms. The third-order valence-electron chi connectivity index (χ3n) is 7.25. The standard InChI is InChI=1S/C25H29N5O2/c1-4-25-16(2)22(25)19-7-5-17(13-21(19)28-24(25)32)15-29-9-11-30(12-10-29)18-6-8-20(27-14-18)23(31)26-3/h5-8,13-14H,4,9-12,15H2,1-3H3,(H,26,31)(H,28,32)/t25-/m1/s1. The number of hydrogen-bond acceptors (Lipinski definition) is 5. The SMILES string of the molecule is CC[C@]12C(=O)Nc3cc(CN4CCN(c5ccc(C(=O)NC)nc5)CC4)ccc3C1=C2C. The van der Waals surface area contributed by atoms with Crippen LogP contribution in [0.2, 0.25) is 0 Å². The zero-order chi connectivity index (χ0) is 22.5. The van der Waals surface area contributed by atoms with Crippen molar-refractivity contribution in [1.29, 1.82) is 0 Å². The molecule has 5 rings (SSSR count). The fraction of sp³-hybridized carbons (Fsp3) is 0.400. The Bertz CT molecular complexity index is 1120. The molecule has 2 amide bonds. The topological polar surface area (TPSA) is 77.6 Å². The van der Waals surface area contributed by atoms with Gasteiger partial charge in [0.25, 0.3) is 5.91 Å². The summed E-state index contributed by atoms with van der Waals surface area (Å²) in [5.74, 6) is -0.0436. The van der Waals surface area contributed by atoms with E-state index in [0.717, 1.165) is 50.5 Å². The van der Waals surface area contributed by atoms with Crippen LogP contribution in [-0.2, 0) is 11.3 Å². The number of pyridine rings is 1. The third-order valence-corrected chi connectivity index (χ3v) is 7.25. The molecule has 7 heteroatoms. The van der Waals surface area contributed by atoms with Gasteiger partial charge in [0, 0.05) is 51.0 Å². The van der Waals surface area contributed by atoms with Crippen molar-refractivity contribution in [3.63, 3.8) is 0 Å². The zero-order valence-electron chi connectivity index (χ0n) is 18.9. The van der Waals surface area contributed by atoms with Gasteiger partial charge in [0.05, 0.1) is 17.3 Å². The Morgan fingerprint density at radius 1 is 1.19 bits per heavy atom. The molecule has 1 fully saturated rings. The summed E-state index contributed by atoms with van der Waals surface area (Å²) in [5, 5.41) is 5.75. The zero-order valence-corrected chi connectivity index (χ0v) is 18.9. The molecular formula is C25H29N5O2. The van der Waals surface area contributed by atoms with Crippen LogP contribution >= 0.6 is 0 Å². The molecule has 1 aliphatic carbocycles. The highest BCUT2D eigenvalue weighted by molar-refractivity contribution is 6.21. The molecule has 3 aliphatic rings. The summed E-state index contributed by atoms with van der Waals surface area (Å²) >= 11 is 0. The lowest BCUT2D eigenvalue weighted by atomic mass is 9.87. The van der Waals surface area contributed by atoms with Crippen molar-refractivity contribution in [2.45, 2.75) is 26.8 Å². The lowest BCUT2D eigenvalue weighted by Crippen LogP contribution is -2.46. The van der Waals surface area contributed by atoms with Crippen molar-refractivity contribution < 1.29 is 9.59 Å². The second-order valence-corrected chi connectivity index (χ2v) is 8.84. The lowest BCUT2D eigenvalue weighted by Gasteiger charge is -2.36. The summed E-state index contributed by atoms with van der Waals surface area (Å²) in [6.07, 6.45) is 2.60. The van der Waals surface area contributed by atoms with Crippen LogP contribution in [0.25, 0.3) is 5.57 Å². The van der Waals surface area contributed by atoms with E-state index >= 15 is 0 Å². The van der Waals surface area contributed by atoms with Crippen molar-refractivity contribution in [1.82, 2.24) is 15.2 Å². The molecular weight excluding hydrogens is 402 g/mol. The minimum Gasteiger partial charge on any atom is -0.368 e. The van der Waals surface area contributed by atoms with Crippen molar-refractivity contribution in [3.05, 3.63) is 58.9 Å². The first kappa shape index (κ1) is 20.7. The van der Waals surface area contributed by atoms with Crippen LogP contribution in [0.4, 0.5) is 11.4 Å². The lowest BCUT2D eigenvalue weighted by molar-refractivity contribution is -0.120. The monoisotopic (exact) mass is 431 g/mol. The molecule has 166 valence electrons. The maximum atomic E-state index is 12.7. The Morgan fingerprint density at radius 2 is 1.97 bits per heavy atom. The third kappa shape index (κ3) is 3.19. The van der Waals surface area contributed by atoms with Crippen molar-refractivity contribution in [3.8, 4) is 0 Å². The molecule has 2 aliphatic heterocycles. The van der Waals surface area contributed by atoms with Crippen molar-refractivity contribution >= 4 is 28.8 Å². The predicted molar refractivity (Wildman–Crippen MR) is 126 cm³/mol. The second-order valence-electron chi connectivity index (χ2n) is 8.84. The second kappa shape index (κ2) is 7.74. The highest BCUT2D eigenvalue weighted by Crippen LogP contribution is 2.64. The first-order valence-corrected chi connectivity index (χ1v) is 11.3. The van der Waals surface area contributed by atoms with Crippen LogP contribution in [0.5, 0.6) is 0 Å². The van der Waals surface area contributed by atoms with Crippen LogP contribution < -0.4 is 15.5 Å². The molecule has 1 saturated heterocycles. The smallest absolute Gasteiger partial charge is 0.269 e. The average molecular weight is 432 g/mol. The Balaban J connectivity index is 1.22. The Morgan fingerprint density at radius 3 is 2.62 bits per heavy atom. The molecule has 32 heavy (non-hydrogen) atoms. The molecule has 0 radical (unpaired) electrons. The van der Waals surface area contributed by atoms with Gasteiger partial charge in [0.1, 0.15) is 5.69 Å². The number of hydrogen-bond donors (Lipinski definition) is 2. The summed E-state index contributed by atoms with van der Waals surface area (Å²) in [6, 6.07) is 10.2. The highest BCUT2D eigenvalue weighted by Gasteiger charge is 2.58. The number of carbonyl (C=O) groups is 2. The van der Waals surface area contributed by atoms with Gasteiger partial charge in [-0.3, -0.25) is 14.5 Å². The van der Waals surface area contributed by atoms with Gasteiger partial charge in [0.2, 0.25) is 5.91 Å². The number of aromatic nitrogens is 1. The van der Waals surface area contributed by atoms with E-state index in [1.807, 2.05) is 6.07 Å². The van der Waals surface area contributed by atoms with Gasteiger partial charge in [-0.1, -0.05) is 19.1 Å². The number of benzene rings is 1. The number of nitrogens with zero attached hydrogens (tertiary/aromatic N) is 3. The molecule has 2 aromatic rings. The molecule has 0 unspecified atom stereocenters. The maximum Gasteiger partial charge on any atom is 0.269 e. The maximum absolute atomic E-state index is 12.7. The Kier molecular flexibility index (Phi) is 5.01. The number of amides is 2. The molecule has 1 atom stereocenters. The minimum absolute atomic E-state index is 0.127. The van der Waals surface area contributed by atoms with Gasteiger partial charge in [0.15, 0.2) is 0 Å². The van der Waals surface area contributed by atoms with Crippen LogP contribution in [-0.4, -0.2) is 54.9 Å². The number of nitrogens with one attached hydrogen (secondary N) is 2. The van der Waals surface area contributed by atoms with Gasteiger partial charge in [-0.25, -0.2) is 4.98 Å². The van der Waals surface area contributed by atoms with Gasteiger partial charge in [-0.15, -0.1) is 0 Å². The number of fused-ring (bicyclic) bond motifs is 3. The predicted octanol–water partition coefficient (Wildman–Crippen LogP) is 2.90. The van der Waals surface area contributed by atoms with Gasteiger partial charge in [-0.2, -0.15) is 0 Å². The molecule has 0 spiro atoms. The summed E-state index contributed by atoms with van der Waals surface area (Å²) in [7, 11) is 1.61. The number of carbonyl (C=O) groups excluding carboxylic acids is 2. The van der Waals surface area contributed by atoms with E-state index in [0.29, 0.717) is 5.69 Å². The first-order valence-electron chi connectivity index (χ1n) is 11.3. The van der Waals surface area contributed by atoms with Crippen LogP contribution in [0.1, 0.15) is 41.9 Å². The number of piperazine rings is 1. The summed E-state index contributed by atoms with van der Waals surface area (Å²) < 4.78 is 0. The number of anilines is 2. The van der Waals surface area contributed by atoms with E-state index in [2.05, 4.69) is 57.5 Å². The van der Waals surface area contributed by atoms with Gasteiger partial charge >= 0.3 is 0 Å². The van der Waals surface area contributed by atoms with E-state index in [-0.39, 0.29) is 17.2 Å². The Hall–Kier alpha value is -3.19. The fourth-order valence-corrected chi connectivity index (χ4v) is 5.27. The molecule has 0 saturated carbocycles. The molecule has 7 nitrogen and oxygen atoms in total. The largest absolute Gasteiger partial charge is 0.368 e.